The molecule has 1 unspecified atom stereocenters. The summed E-state index contributed by atoms with van der Waals surface area (Å²) in [5.41, 5.74) is 0. The summed E-state index contributed by atoms with van der Waals surface area (Å²) in [6, 6.07) is 0. The minimum atomic E-state index is -4.41. The van der Waals surface area contributed by atoms with Gasteiger partial charge in [0.15, 0.2) is 5.78 Å². The van der Waals surface area contributed by atoms with Crippen molar-refractivity contribution < 1.29 is 36.3 Å². The molecular formula is C38H77NO7S. The van der Waals surface area contributed by atoms with Gasteiger partial charge in [-0.15, -0.1) is 0 Å². The van der Waals surface area contributed by atoms with E-state index in [1.165, 1.54) is 141 Å². The largest absolute Gasteiger partial charge is 0.726 e. The van der Waals surface area contributed by atoms with Crippen molar-refractivity contribution in [2.75, 3.05) is 33.4 Å². The molecule has 1 amide bonds. The number of amides is 1. The highest BCUT2D eigenvalue weighted by Crippen LogP contribution is 2.18. The molecule has 47 heavy (non-hydrogen) atoms. The second-order valence-electron chi connectivity index (χ2n) is 13.6. The number of unbranched alkanes of at least 4 members (excludes halogenated alkanes) is 24. The van der Waals surface area contributed by atoms with E-state index in [1.54, 1.807) is 0 Å². The van der Waals surface area contributed by atoms with Crippen LogP contribution < -0.4 is 0 Å². The molecule has 0 aromatic heterocycles. The minimum Gasteiger partial charge on any atom is -0.726 e. The van der Waals surface area contributed by atoms with Crippen molar-refractivity contribution in [3.05, 3.63) is 0 Å². The third kappa shape index (κ3) is 33.4. The van der Waals surface area contributed by atoms with E-state index >= 15 is 0 Å². The molecule has 0 bridgehead atoms. The van der Waals surface area contributed by atoms with Gasteiger partial charge in [0.2, 0.25) is 10.4 Å². The predicted octanol–water partition coefficient (Wildman–Crippen LogP) is 9.97. The molecule has 1 atom stereocenters. The summed E-state index contributed by atoms with van der Waals surface area (Å²) < 4.78 is 31.2. The molecule has 0 fully saturated rings. The lowest BCUT2D eigenvalue weighted by molar-refractivity contribution is -0.845. The number of hydrogen-bond donors (Lipinski definition) is 1. The van der Waals surface area contributed by atoms with Gasteiger partial charge in [-0.1, -0.05) is 168 Å². The zero-order valence-corrected chi connectivity index (χ0v) is 32.2. The SMILES string of the molecule is CCCCCCCCCCCCCCCC(=O)C[N+](CC)(CCO)C(=O)CCCCCCCCCCCCCCC.COS(=O)(=O)[O-]. The van der Waals surface area contributed by atoms with Crippen molar-refractivity contribution in [1.82, 2.24) is 0 Å². The first-order chi connectivity index (χ1) is 22.6. The Hall–Kier alpha value is -0.870. The van der Waals surface area contributed by atoms with Crippen molar-refractivity contribution in [3.63, 3.8) is 0 Å². The second-order valence-corrected chi connectivity index (χ2v) is 14.7. The summed E-state index contributed by atoms with van der Waals surface area (Å²) in [4.78, 5) is 26.1. The van der Waals surface area contributed by atoms with E-state index in [0.29, 0.717) is 25.9 Å². The summed E-state index contributed by atoms with van der Waals surface area (Å²) in [6.07, 6.45) is 34.8. The van der Waals surface area contributed by atoms with Crippen molar-refractivity contribution in [3.8, 4) is 0 Å². The van der Waals surface area contributed by atoms with Crippen LogP contribution in [0.5, 0.6) is 0 Å². The molecule has 0 spiro atoms. The van der Waals surface area contributed by atoms with E-state index in [9.17, 15) is 27.7 Å². The summed E-state index contributed by atoms with van der Waals surface area (Å²) in [6.45, 7) is 7.74. The standard InChI is InChI=1S/C37H74NO3.CH4O4S/c1-4-7-9-11-13-15-17-19-21-23-25-27-29-31-36(40)35-38(6-3,33-34-39)37(41)32-30-28-26-24-22-20-18-16-14-12-10-8-5-2;1-5-6(2,3)4/h39H,4-35H2,1-3H3;1H3,(H,2,3,4)/q+1;/p-1. The summed E-state index contributed by atoms with van der Waals surface area (Å²) in [5.74, 6) is 0.352. The lowest BCUT2D eigenvalue weighted by Crippen LogP contribution is -2.56. The number of Topliss-reactive ketones (excluding diaryl/α,β-unsaturated/α-hetero) is 1. The Morgan fingerprint density at radius 2 is 0.872 bits per heavy atom. The van der Waals surface area contributed by atoms with Crippen LogP contribution >= 0.6 is 0 Å². The topological polar surface area (TPSA) is 121 Å². The zero-order chi connectivity index (χ0) is 35.5. The van der Waals surface area contributed by atoms with E-state index in [2.05, 4.69) is 18.0 Å². The van der Waals surface area contributed by atoms with Gasteiger partial charge in [-0.25, -0.2) is 13.2 Å². The highest BCUT2D eigenvalue weighted by atomic mass is 32.3. The number of ketones is 1. The van der Waals surface area contributed by atoms with Gasteiger partial charge in [0, 0.05) is 6.42 Å². The maximum atomic E-state index is 13.2. The Morgan fingerprint density at radius 1 is 0.574 bits per heavy atom. The first-order valence-corrected chi connectivity index (χ1v) is 21.0. The van der Waals surface area contributed by atoms with E-state index in [-0.39, 0.29) is 29.3 Å². The molecule has 0 radical (unpaired) electrons. The fourth-order valence-electron chi connectivity index (χ4n) is 6.22. The van der Waals surface area contributed by atoms with Crippen LogP contribution in [0.4, 0.5) is 0 Å². The van der Waals surface area contributed by atoms with Gasteiger partial charge < -0.3 is 9.66 Å². The van der Waals surface area contributed by atoms with Crippen molar-refractivity contribution in [2.45, 2.75) is 201 Å². The predicted molar refractivity (Wildman–Crippen MR) is 195 cm³/mol. The molecule has 0 heterocycles. The third-order valence-electron chi connectivity index (χ3n) is 9.40. The number of nitrogens with zero attached hydrogens (tertiary/aromatic N) is 1. The van der Waals surface area contributed by atoms with Gasteiger partial charge in [-0.2, -0.15) is 0 Å². The van der Waals surface area contributed by atoms with Crippen LogP contribution in [-0.2, 0) is 24.2 Å². The molecule has 0 aliphatic carbocycles. The number of likely N-dealkylation sites (N-methyl/N-ethyl adjacent to an activating group) is 1. The highest BCUT2D eigenvalue weighted by molar-refractivity contribution is 7.80. The average molecular weight is 692 g/mol. The van der Waals surface area contributed by atoms with E-state index < -0.39 is 10.4 Å². The molecule has 0 saturated heterocycles. The van der Waals surface area contributed by atoms with Gasteiger partial charge in [0.05, 0.1) is 26.7 Å². The average Bonchev–Trinajstić information content (AvgIpc) is 3.05. The van der Waals surface area contributed by atoms with Crippen LogP contribution in [0.1, 0.15) is 201 Å². The molecule has 0 aliphatic rings. The lowest BCUT2D eigenvalue weighted by Gasteiger charge is -2.34. The maximum Gasteiger partial charge on any atom is 0.314 e. The number of aliphatic hydroxyl groups is 1. The van der Waals surface area contributed by atoms with E-state index in [1.807, 2.05) is 6.92 Å². The summed E-state index contributed by atoms with van der Waals surface area (Å²) >= 11 is 0. The molecular weight excluding hydrogens is 614 g/mol. The van der Waals surface area contributed by atoms with E-state index in [0.717, 1.165) is 32.8 Å². The van der Waals surface area contributed by atoms with Gasteiger partial charge in [0.1, 0.15) is 13.1 Å². The monoisotopic (exact) mass is 692 g/mol. The summed E-state index contributed by atoms with van der Waals surface area (Å²) in [7, 11) is -3.60. The number of aliphatic hydroxyl groups excluding tert-OH is 1. The zero-order valence-electron chi connectivity index (χ0n) is 31.4. The molecule has 9 heteroatoms. The van der Waals surface area contributed by atoms with Crippen LogP contribution in [0, 0.1) is 0 Å². The van der Waals surface area contributed by atoms with Crippen LogP contribution in [0.3, 0.4) is 0 Å². The fourth-order valence-corrected chi connectivity index (χ4v) is 6.22. The second kappa shape index (κ2) is 35.0. The Kier molecular flexibility index (Phi) is 35.9. The third-order valence-corrected chi connectivity index (χ3v) is 9.81. The Labute approximate surface area is 291 Å². The van der Waals surface area contributed by atoms with E-state index in [4.69, 9.17) is 0 Å². The van der Waals surface area contributed by atoms with Crippen molar-refractivity contribution >= 4 is 22.1 Å². The Morgan fingerprint density at radius 3 is 1.15 bits per heavy atom. The van der Waals surface area contributed by atoms with Gasteiger partial charge in [0.25, 0.3) is 0 Å². The highest BCUT2D eigenvalue weighted by Gasteiger charge is 2.35. The Bertz CT molecular complexity index is 806. The number of carbonyl (C=O) groups excluding carboxylic acids is 2. The minimum absolute atomic E-state index is 0.0375. The molecule has 0 aromatic rings. The molecule has 0 rings (SSSR count). The number of hydrogen-bond acceptors (Lipinski definition) is 7. The maximum absolute atomic E-state index is 13.2. The van der Waals surface area contributed by atoms with Gasteiger partial charge in [-0.05, 0) is 19.8 Å². The molecule has 282 valence electrons. The molecule has 0 saturated carbocycles. The number of quaternary nitrogens is 1. The molecule has 0 aliphatic heterocycles. The molecule has 8 nitrogen and oxygen atoms in total. The lowest BCUT2D eigenvalue weighted by atomic mass is 10.0. The first kappa shape index (κ1) is 48.2. The normalized spacial score (nSPS) is 12.8. The Balaban J connectivity index is 0. The van der Waals surface area contributed by atoms with Gasteiger partial charge >= 0.3 is 5.91 Å². The molecule has 1 N–H and O–H groups in total. The number of rotatable bonds is 34. The number of carbonyl (C=O) groups is 2. The van der Waals surface area contributed by atoms with Crippen LogP contribution in [-0.4, -0.2) is 67.6 Å². The summed E-state index contributed by atoms with van der Waals surface area (Å²) in [5, 5.41) is 9.70. The van der Waals surface area contributed by atoms with Crippen LogP contribution in [0.25, 0.3) is 0 Å². The van der Waals surface area contributed by atoms with Gasteiger partial charge in [-0.3, -0.25) is 13.5 Å². The van der Waals surface area contributed by atoms with Crippen molar-refractivity contribution in [1.29, 1.82) is 0 Å². The van der Waals surface area contributed by atoms with Crippen LogP contribution in [0.2, 0.25) is 0 Å². The quantitative estimate of drug-likeness (QED) is 0.0309. The molecule has 0 aromatic carbocycles. The fraction of sp³-hybridized carbons (Fsp3) is 0.947. The first-order valence-electron chi connectivity index (χ1n) is 19.7. The van der Waals surface area contributed by atoms with Crippen LogP contribution in [0.15, 0.2) is 0 Å². The smallest absolute Gasteiger partial charge is 0.314 e. The van der Waals surface area contributed by atoms with Crippen molar-refractivity contribution in [2.24, 2.45) is 0 Å².